The van der Waals surface area contributed by atoms with Gasteiger partial charge < -0.3 is 9.84 Å². The quantitative estimate of drug-likeness (QED) is 0.427. The number of carboxylic acids is 1. The number of carboxylic acid groups (broad SMARTS) is 1. The summed E-state index contributed by atoms with van der Waals surface area (Å²) in [6.45, 7) is 0. The van der Waals surface area contributed by atoms with Crippen molar-refractivity contribution in [1.82, 2.24) is 0 Å². The van der Waals surface area contributed by atoms with Gasteiger partial charge in [0.1, 0.15) is 12.5 Å². The molecule has 0 amide bonds. The number of Topliss-reactive ketones (excluding diaryl/α,β-unsaturated/α-hetero) is 1. The molecule has 0 aromatic carbocycles. The predicted molar refractivity (Wildman–Crippen MR) is 50.2 cm³/mol. The third-order valence-corrected chi connectivity index (χ3v) is 2.39. The van der Waals surface area contributed by atoms with Gasteiger partial charge in [0.25, 0.3) is 5.78 Å². The molecule has 0 radical (unpaired) electrons. The van der Waals surface area contributed by atoms with Crippen LogP contribution in [-0.4, -0.2) is 28.9 Å². The van der Waals surface area contributed by atoms with Crippen LogP contribution in [0.15, 0.2) is 0 Å². The van der Waals surface area contributed by atoms with Crippen LogP contribution in [0, 0.1) is 0 Å². The Morgan fingerprint density at radius 1 is 1.13 bits per heavy atom. The number of carbonyl (C=O) groups excluding carboxylic acids is 2. The normalized spacial score (nSPS) is 17.1. The van der Waals surface area contributed by atoms with Gasteiger partial charge in [-0.15, -0.1) is 0 Å². The number of rotatable bonds is 4. The van der Waals surface area contributed by atoms with Crippen LogP contribution in [0.4, 0.5) is 0 Å². The van der Waals surface area contributed by atoms with Crippen LogP contribution < -0.4 is 0 Å². The first-order valence-corrected chi connectivity index (χ1v) is 5.05. The minimum absolute atomic E-state index is 0.132. The van der Waals surface area contributed by atoms with Gasteiger partial charge in [-0.2, -0.15) is 0 Å². The Hall–Kier alpha value is -1.39. The summed E-state index contributed by atoms with van der Waals surface area (Å²) in [6, 6.07) is 0. The fourth-order valence-electron chi connectivity index (χ4n) is 1.62. The zero-order chi connectivity index (χ0) is 11.3. The molecule has 0 aromatic heterocycles. The Bertz CT molecular complexity index is 265. The van der Waals surface area contributed by atoms with Crippen LogP contribution in [0.5, 0.6) is 0 Å². The SMILES string of the molecule is O=C(CC(=O)C(=O)O)OC1CCCCC1. The summed E-state index contributed by atoms with van der Waals surface area (Å²) < 4.78 is 4.99. The smallest absolute Gasteiger partial charge is 0.372 e. The van der Waals surface area contributed by atoms with Crippen molar-refractivity contribution in [3.63, 3.8) is 0 Å². The van der Waals surface area contributed by atoms with Gasteiger partial charge in [-0.05, 0) is 25.7 Å². The molecule has 15 heavy (non-hydrogen) atoms. The molecule has 0 unspecified atom stereocenters. The highest BCUT2D eigenvalue weighted by Gasteiger charge is 2.22. The van der Waals surface area contributed by atoms with E-state index in [0.29, 0.717) is 0 Å². The van der Waals surface area contributed by atoms with Gasteiger partial charge in [-0.25, -0.2) is 4.79 Å². The third kappa shape index (κ3) is 4.10. The lowest BCUT2D eigenvalue weighted by molar-refractivity contribution is -0.157. The molecule has 0 bridgehead atoms. The number of ketones is 1. The van der Waals surface area contributed by atoms with Crippen LogP contribution in [-0.2, 0) is 19.1 Å². The first kappa shape index (κ1) is 11.7. The van der Waals surface area contributed by atoms with Crippen LogP contribution in [0.2, 0.25) is 0 Å². The highest BCUT2D eigenvalue weighted by atomic mass is 16.5. The monoisotopic (exact) mass is 214 g/mol. The molecule has 0 saturated heterocycles. The number of aliphatic carboxylic acids is 1. The van der Waals surface area contributed by atoms with Crippen molar-refractivity contribution < 1.29 is 24.2 Å². The van der Waals surface area contributed by atoms with Crippen molar-refractivity contribution in [2.24, 2.45) is 0 Å². The van der Waals surface area contributed by atoms with Crippen molar-refractivity contribution in [2.45, 2.75) is 44.6 Å². The average Bonchev–Trinajstić information content (AvgIpc) is 2.18. The van der Waals surface area contributed by atoms with Crippen molar-refractivity contribution in [1.29, 1.82) is 0 Å². The average molecular weight is 214 g/mol. The Kier molecular flexibility index (Phi) is 4.27. The predicted octanol–water partition coefficient (Wildman–Crippen LogP) is 0.906. The first-order chi connectivity index (χ1) is 7.09. The van der Waals surface area contributed by atoms with E-state index >= 15 is 0 Å². The molecule has 0 aromatic rings. The van der Waals surface area contributed by atoms with Crippen LogP contribution >= 0.6 is 0 Å². The van der Waals surface area contributed by atoms with Crippen molar-refractivity contribution in [2.75, 3.05) is 0 Å². The van der Waals surface area contributed by atoms with Gasteiger partial charge in [-0.3, -0.25) is 9.59 Å². The molecule has 5 nitrogen and oxygen atoms in total. The molecular formula is C10H14O5. The van der Waals surface area contributed by atoms with E-state index in [1.165, 1.54) is 0 Å². The second-order valence-corrected chi connectivity index (χ2v) is 3.65. The molecule has 1 saturated carbocycles. The molecule has 1 rings (SSSR count). The molecular weight excluding hydrogens is 200 g/mol. The first-order valence-electron chi connectivity index (χ1n) is 5.05. The van der Waals surface area contributed by atoms with Crippen molar-refractivity contribution in [3.05, 3.63) is 0 Å². The van der Waals surface area contributed by atoms with Gasteiger partial charge in [0.2, 0.25) is 0 Å². The Morgan fingerprint density at radius 3 is 2.27 bits per heavy atom. The Labute approximate surface area is 87.4 Å². The van der Waals surface area contributed by atoms with Gasteiger partial charge in [-0.1, -0.05) is 6.42 Å². The second kappa shape index (κ2) is 5.48. The van der Waals surface area contributed by atoms with Gasteiger partial charge in [0.15, 0.2) is 0 Å². The van der Waals surface area contributed by atoms with Crippen molar-refractivity contribution >= 4 is 17.7 Å². The molecule has 0 aliphatic heterocycles. The van der Waals surface area contributed by atoms with E-state index in [0.717, 1.165) is 32.1 Å². The summed E-state index contributed by atoms with van der Waals surface area (Å²) in [5.74, 6) is -3.43. The summed E-state index contributed by atoms with van der Waals surface area (Å²) in [6.07, 6.45) is 4.01. The maximum Gasteiger partial charge on any atom is 0.372 e. The van der Waals surface area contributed by atoms with E-state index in [-0.39, 0.29) is 6.10 Å². The summed E-state index contributed by atoms with van der Waals surface area (Å²) in [5.41, 5.74) is 0. The van der Waals surface area contributed by atoms with Gasteiger partial charge >= 0.3 is 11.9 Å². The molecule has 1 aliphatic rings. The number of esters is 1. The van der Waals surface area contributed by atoms with E-state index in [2.05, 4.69) is 0 Å². The minimum Gasteiger partial charge on any atom is -0.475 e. The highest BCUT2D eigenvalue weighted by molar-refractivity contribution is 6.35. The van der Waals surface area contributed by atoms with Crippen LogP contribution in [0.25, 0.3) is 0 Å². The molecule has 1 aliphatic carbocycles. The maximum absolute atomic E-state index is 11.1. The summed E-state index contributed by atoms with van der Waals surface area (Å²) in [4.78, 5) is 32.0. The lowest BCUT2D eigenvalue weighted by Gasteiger charge is -2.21. The standard InChI is InChI=1S/C10H14O5/c11-8(10(13)14)6-9(12)15-7-4-2-1-3-5-7/h7H,1-6H2,(H,13,14). The molecule has 84 valence electrons. The maximum atomic E-state index is 11.1. The topological polar surface area (TPSA) is 80.7 Å². The van der Waals surface area contributed by atoms with Gasteiger partial charge in [0.05, 0.1) is 0 Å². The van der Waals surface area contributed by atoms with E-state index in [4.69, 9.17) is 9.84 Å². The minimum atomic E-state index is -1.59. The van der Waals surface area contributed by atoms with Crippen LogP contribution in [0.3, 0.4) is 0 Å². The number of carbonyl (C=O) groups is 3. The highest BCUT2D eigenvalue weighted by Crippen LogP contribution is 2.20. The molecule has 0 spiro atoms. The summed E-state index contributed by atoms with van der Waals surface area (Å²) >= 11 is 0. The molecule has 5 heteroatoms. The van der Waals surface area contributed by atoms with E-state index in [1.807, 2.05) is 0 Å². The molecule has 1 fully saturated rings. The molecule has 1 N–H and O–H groups in total. The fourth-order valence-corrected chi connectivity index (χ4v) is 1.62. The summed E-state index contributed by atoms with van der Waals surface area (Å²) in [5, 5.41) is 8.28. The van der Waals surface area contributed by atoms with Gasteiger partial charge in [0, 0.05) is 0 Å². The van der Waals surface area contributed by atoms with Crippen molar-refractivity contribution in [3.8, 4) is 0 Å². The zero-order valence-corrected chi connectivity index (χ0v) is 8.40. The molecule has 0 heterocycles. The zero-order valence-electron chi connectivity index (χ0n) is 8.40. The van der Waals surface area contributed by atoms with Crippen LogP contribution in [0.1, 0.15) is 38.5 Å². The third-order valence-electron chi connectivity index (χ3n) is 2.39. The number of hydrogen-bond donors (Lipinski definition) is 1. The van der Waals surface area contributed by atoms with E-state index in [1.54, 1.807) is 0 Å². The number of ether oxygens (including phenoxy) is 1. The summed E-state index contributed by atoms with van der Waals surface area (Å²) in [7, 11) is 0. The Balaban J connectivity index is 2.28. The lowest BCUT2D eigenvalue weighted by Crippen LogP contribution is -2.24. The van der Waals surface area contributed by atoms with E-state index < -0.39 is 24.1 Å². The molecule has 0 atom stereocenters. The Morgan fingerprint density at radius 2 is 1.73 bits per heavy atom. The fraction of sp³-hybridized carbons (Fsp3) is 0.700. The number of hydrogen-bond acceptors (Lipinski definition) is 4. The lowest BCUT2D eigenvalue weighted by atomic mass is 9.98. The second-order valence-electron chi connectivity index (χ2n) is 3.65. The van der Waals surface area contributed by atoms with E-state index in [9.17, 15) is 14.4 Å². The largest absolute Gasteiger partial charge is 0.475 e.